The molecule has 1 rings (SSSR count). The monoisotopic (exact) mass is 287 g/mol. The Morgan fingerprint density at radius 1 is 1.67 bits per heavy atom. The van der Waals surface area contributed by atoms with E-state index in [4.69, 9.17) is 10.8 Å². The van der Waals surface area contributed by atoms with Crippen LogP contribution >= 0.6 is 27.7 Å². The molecule has 1 aromatic heterocycles. The van der Waals surface area contributed by atoms with Crippen molar-refractivity contribution >= 4 is 27.7 Å². The highest BCUT2D eigenvalue weighted by molar-refractivity contribution is 9.10. The third-order valence-electron chi connectivity index (χ3n) is 1.90. The number of hydrogen-bond donors (Lipinski definition) is 1. The maximum Gasteiger partial charge on any atom is 0.169 e. The first-order valence-electron chi connectivity index (χ1n) is 4.74. The van der Waals surface area contributed by atoms with Crippen molar-refractivity contribution in [2.24, 2.45) is 0 Å². The quantitative estimate of drug-likeness (QED) is 0.643. The summed E-state index contributed by atoms with van der Waals surface area (Å²) < 4.78 is 6.21. The summed E-state index contributed by atoms with van der Waals surface area (Å²) in [7, 11) is 0. The first-order chi connectivity index (χ1) is 7.24. The van der Waals surface area contributed by atoms with Gasteiger partial charge in [-0.1, -0.05) is 5.92 Å². The van der Waals surface area contributed by atoms with Crippen LogP contribution in [0.4, 0.5) is 0 Å². The summed E-state index contributed by atoms with van der Waals surface area (Å²) in [5.41, 5.74) is 0. The average molecular weight is 288 g/mol. The Labute approximate surface area is 103 Å². The standard InChI is InChI=1S/C11H14BrNOS/c1-3-7-15-8-6-13-9(2)10-4-5-11(12)14-10/h1,4-5,9,13H,6-8H2,2H3. The van der Waals surface area contributed by atoms with E-state index in [1.54, 1.807) is 11.8 Å². The summed E-state index contributed by atoms with van der Waals surface area (Å²) in [6.45, 7) is 3.02. The van der Waals surface area contributed by atoms with E-state index < -0.39 is 0 Å². The SMILES string of the molecule is C#CCSCCNC(C)c1ccc(Br)o1. The minimum Gasteiger partial charge on any atom is -0.453 e. The van der Waals surface area contributed by atoms with Crippen LogP contribution in [0.25, 0.3) is 0 Å². The molecule has 0 radical (unpaired) electrons. The molecule has 0 spiro atoms. The van der Waals surface area contributed by atoms with E-state index in [1.165, 1.54) is 0 Å². The molecule has 1 N–H and O–H groups in total. The van der Waals surface area contributed by atoms with Crippen LogP contribution < -0.4 is 5.32 Å². The summed E-state index contributed by atoms with van der Waals surface area (Å²) >= 11 is 5.04. The predicted molar refractivity (Wildman–Crippen MR) is 69.0 cm³/mol. The van der Waals surface area contributed by atoms with Crippen LogP contribution in [0.3, 0.4) is 0 Å². The van der Waals surface area contributed by atoms with E-state index in [0.717, 1.165) is 28.5 Å². The Morgan fingerprint density at radius 2 is 2.47 bits per heavy atom. The molecular weight excluding hydrogens is 274 g/mol. The van der Waals surface area contributed by atoms with Crippen LogP contribution in [0.5, 0.6) is 0 Å². The van der Waals surface area contributed by atoms with Crippen molar-refractivity contribution < 1.29 is 4.42 Å². The van der Waals surface area contributed by atoms with Crippen molar-refractivity contribution in [3.05, 3.63) is 22.6 Å². The first kappa shape index (κ1) is 12.7. The van der Waals surface area contributed by atoms with Gasteiger partial charge in [0.15, 0.2) is 4.67 Å². The molecule has 1 atom stereocenters. The van der Waals surface area contributed by atoms with Crippen molar-refractivity contribution in [1.29, 1.82) is 0 Å². The van der Waals surface area contributed by atoms with Crippen LogP contribution in [-0.4, -0.2) is 18.1 Å². The van der Waals surface area contributed by atoms with Gasteiger partial charge < -0.3 is 9.73 Å². The van der Waals surface area contributed by atoms with Crippen LogP contribution in [0, 0.1) is 12.3 Å². The molecule has 0 saturated carbocycles. The predicted octanol–water partition coefficient (Wildman–Crippen LogP) is 3.06. The van der Waals surface area contributed by atoms with Gasteiger partial charge in [0, 0.05) is 12.3 Å². The molecule has 0 aromatic carbocycles. The molecule has 0 aliphatic rings. The minimum atomic E-state index is 0.239. The Bertz CT molecular complexity index is 332. The van der Waals surface area contributed by atoms with Gasteiger partial charge in [-0.3, -0.25) is 0 Å². The normalized spacial score (nSPS) is 12.3. The van der Waals surface area contributed by atoms with Crippen molar-refractivity contribution in [3.8, 4) is 12.3 Å². The van der Waals surface area contributed by atoms with E-state index in [9.17, 15) is 0 Å². The lowest BCUT2D eigenvalue weighted by molar-refractivity contribution is 0.424. The molecule has 2 nitrogen and oxygen atoms in total. The second kappa shape index (κ2) is 7.00. The molecular formula is C11H14BrNOS. The average Bonchev–Trinajstić information content (AvgIpc) is 2.64. The molecule has 1 heterocycles. The Hall–Kier alpha value is -0.370. The molecule has 1 aromatic rings. The second-order valence-corrected chi connectivity index (χ2v) is 4.96. The highest BCUT2D eigenvalue weighted by Gasteiger charge is 2.08. The second-order valence-electron chi connectivity index (χ2n) is 3.07. The van der Waals surface area contributed by atoms with Crippen molar-refractivity contribution in [2.75, 3.05) is 18.1 Å². The van der Waals surface area contributed by atoms with E-state index in [1.807, 2.05) is 12.1 Å². The van der Waals surface area contributed by atoms with Crippen molar-refractivity contribution in [3.63, 3.8) is 0 Å². The fourth-order valence-corrected chi connectivity index (χ4v) is 1.98. The number of nitrogens with one attached hydrogen (secondary N) is 1. The fraction of sp³-hybridized carbons (Fsp3) is 0.455. The molecule has 0 fully saturated rings. The zero-order chi connectivity index (χ0) is 11.1. The molecule has 0 saturated heterocycles. The summed E-state index contributed by atoms with van der Waals surface area (Å²) in [4.78, 5) is 0. The largest absolute Gasteiger partial charge is 0.453 e. The van der Waals surface area contributed by atoms with Gasteiger partial charge in [-0.2, -0.15) is 0 Å². The maximum atomic E-state index is 5.44. The number of hydrogen-bond acceptors (Lipinski definition) is 3. The van der Waals surface area contributed by atoms with Gasteiger partial charge >= 0.3 is 0 Å². The first-order valence-corrected chi connectivity index (χ1v) is 6.68. The number of rotatable bonds is 6. The number of thioether (sulfide) groups is 1. The summed E-state index contributed by atoms with van der Waals surface area (Å²) in [5, 5.41) is 3.37. The van der Waals surface area contributed by atoms with Crippen LogP contribution in [-0.2, 0) is 0 Å². The van der Waals surface area contributed by atoms with E-state index in [0.29, 0.717) is 0 Å². The van der Waals surface area contributed by atoms with Gasteiger partial charge in [-0.15, -0.1) is 18.2 Å². The lowest BCUT2D eigenvalue weighted by atomic mass is 10.2. The number of halogens is 1. The van der Waals surface area contributed by atoms with E-state index in [2.05, 4.69) is 34.1 Å². The Balaban J connectivity index is 2.19. The molecule has 0 amide bonds. The highest BCUT2D eigenvalue weighted by atomic mass is 79.9. The van der Waals surface area contributed by atoms with Crippen LogP contribution in [0.15, 0.2) is 21.2 Å². The molecule has 1 unspecified atom stereocenters. The van der Waals surface area contributed by atoms with Crippen LogP contribution in [0.2, 0.25) is 0 Å². The summed E-state index contributed by atoms with van der Waals surface area (Å²) in [6, 6.07) is 4.11. The van der Waals surface area contributed by atoms with Gasteiger partial charge in [0.2, 0.25) is 0 Å². The molecule has 82 valence electrons. The maximum absolute atomic E-state index is 5.44. The molecule has 15 heavy (non-hydrogen) atoms. The number of terminal acetylenes is 1. The van der Waals surface area contributed by atoms with E-state index in [-0.39, 0.29) is 6.04 Å². The van der Waals surface area contributed by atoms with Crippen molar-refractivity contribution in [1.82, 2.24) is 5.32 Å². The minimum absolute atomic E-state index is 0.239. The van der Waals surface area contributed by atoms with Gasteiger partial charge in [0.25, 0.3) is 0 Å². The molecule has 0 aliphatic heterocycles. The lowest BCUT2D eigenvalue weighted by Gasteiger charge is -2.10. The van der Waals surface area contributed by atoms with Crippen molar-refractivity contribution in [2.45, 2.75) is 13.0 Å². The zero-order valence-electron chi connectivity index (χ0n) is 8.63. The topological polar surface area (TPSA) is 25.2 Å². The van der Waals surface area contributed by atoms with Gasteiger partial charge in [-0.25, -0.2) is 0 Å². The lowest BCUT2D eigenvalue weighted by Crippen LogP contribution is -2.20. The third kappa shape index (κ3) is 4.78. The molecule has 4 heteroatoms. The highest BCUT2D eigenvalue weighted by Crippen LogP contribution is 2.19. The van der Waals surface area contributed by atoms with Gasteiger partial charge in [-0.05, 0) is 35.0 Å². The Kier molecular flexibility index (Phi) is 5.92. The van der Waals surface area contributed by atoms with Gasteiger partial charge in [0.05, 0.1) is 11.8 Å². The summed E-state index contributed by atoms with van der Waals surface area (Å²) in [5.74, 6) is 5.35. The Morgan fingerprint density at radius 3 is 3.07 bits per heavy atom. The third-order valence-corrected chi connectivity index (χ3v) is 3.19. The van der Waals surface area contributed by atoms with Gasteiger partial charge in [0.1, 0.15) is 5.76 Å². The van der Waals surface area contributed by atoms with Crippen LogP contribution in [0.1, 0.15) is 18.7 Å². The zero-order valence-corrected chi connectivity index (χ0v) is 11.0. The van der Waals surface area contributed by atoms with E-state index >= 15 is 0 Å². The fourth-order valence-electron chi connectivity index (χ4n) is 1.14. The summed E-state index contributed by atoms with van der Waals surface area (Å²) in [6.07, 6.45) is 5.15. The molecule has 0 aliphatic carbocycles. The smallest absolute Gasteiger partial charge is 0.169 e. The number of furan rings is 1. The molecule has 0 bridgehead atoms.